The number of hydrogen-bond donors (Lipinski definition) is 1. The molecule has 2 heteroatoms. The van der Waals surface area contributed by atoms with E-state index in [1.165, 1.54) is 70.9 Å². The molecule has 0 aliphatic carbocycles. The fourth-order valence-corrected chi connectivity index (χ4v) is 2.18. The normalized spacial score (nSPS) is 11.3. The molecule has 0 amide bonds. The van der Waals surface area contributed by atoms with Crippen molar-refractivity contribution in [1.29, 1.82) is 0 Å². The summed E-state index contributed by atoms with van der Waals surface area (Å²) in [5.41, 5.74) is 0. The second-order valence-corrected chi connectivity index (χ2v) is 5.04. The van der Waals surface area contributed by atoms with Crippen molar-refractivity contribution in [3.05, 3.63) is 0 Å². The summed E-state index contributed by atoms with van der Waals surface area (Å²) in [6, 6.07) is 0. The molecule has 0 aromatic heterocycles. The van der Waals surface area contributed by atoms with E-state index in [0.29, 0.717) is 6.61 Å². The molecule has 0 aliphatic rings. The largest absolute Gasteiger partial charge is 0.395 e. The molecule has 0 radical (unpaired) electrons. The van der Waals surface area contributed by atoms with E-state index in [0.717, 1.165) is 6.54 Å². The van der Waals surface area contributed by atoms with Gasteiger partial charge in [0.1, 0.15) is 0 Å². The molecular formula is C15H33NO. The Kier molecular flexibility index (Phi) is 13.9. The van der Waals surface area contributed by atoms with Crippen molar-refractivity contribution in [1.82, 2.24) is 4.90 Å². The standard InChI is InChI=1S/C15H33NO/c1-3-5-7-9-11-13-16(14-15-17)12-10-8-6-4-2/h17H,3-15H2,1-2H3. The third-order valence-corrected chi connectivity index (χ3v) is 3.32. The highest BCUT2D eigenvalue weighted by Crippen LogP contribution is 2.06. The first-order chi connectivity index (χ1) is 8.35. The van der Waals surface area contributed by atoms with Crippen LogP contribution in [0.4, 0.5) is 0 Å². The fraction of sp³-hybridized carbons (Fsp3) is 1.00. The lowest BCUT2D eigenvalue weighted by molar-refractivity contribution is 0.190. The van der Waals surface area contributed by atoms with Crippen molar-refractivity contribution >= 4 is 0 Å². The van der Waals surface area contributed by atoms with Crippen LogP contribution in [-0.2, 0) is 0 Å². The van der Waals surface area contributed by atoms with Crippen LogP contribution >= 0.6 is 0 Å². The Hall–Kier alpha value is -0.0800. The van der Waals surface area contributed by atoms with Crippen LogP contribution in [0.5, 0.6) is 0 Å². The molecule has 0 saturated carbocycles. The van der Waals surface area contributed by atoms with E-state index in [2.05, 4.69) is 18.7 Å². The van der Waals surface area contributed by atoms with E-state index in [1.807, 2.05) is 0 Å². The predicted molar refractivity (Wildman–Crippen MR) is 76.4 cm³/mol. The second kappa shape index (κ2) is 14.0. The molecule has 0 bridgehead atoms. The molecule has 0 aromatic carbocycles. The number of nitrogens with zero attached hydrogens (tertiary/aromatic N) is 1. The van der Waals surface area contributed by atoms with Gasteiger partial charge in [-0.05, 0) is 25.9 Å². The second-order valence-electron chi connectivity index (χ2n) is 5.04. The van der Waals surface area contributed by atoms with E-state index in [-0.39, 0.29) is 0 Å². The summed E-state index contributed by atoms with van der Waals surface area (Å²) in [6.45, 7) is 8.03. The Bertz CT molecular complexity index is 139. The molecular weight excluding hydrogens is 210 g/mol. The van der Waals surface area contributed by atoms with Crippen molar-refractivity contribution in [3.8, 4) is 0 Å². The molecule has 0 atom stereocenters. The number of aliphatic hydroxyl groups excluding tert-OH is 1. The topological polar surface area (TPSA) is 23.5 Å². The van der Waals surface area contributed by atoms with Crippen LogP contribution in [0.15, 0.2) is 0 Å². The van der Waals surface area contributed by atoms with Gasteiger partial charge in [0.25, 0.3) is 0 Å². The van der Waals surface area contributed by atoms with Gasteiger partial charge in [0, 0.05) is 6.54 Å². The summed E-state index contributed by atoms with van der Waals surface area (Å²) in [7, 11) is 0. The van der Waals surface area contributed by atoms with Crippen molar-refractivity contribution in [3.63, 3.8) is 0 Å². The molecule has 0 unspecified atom stereocenters. The Morgan fingerprint density at radius 2 is 1.12 bits per heavy atom. The molecule has 0 heterocycles. The summed E-state index contributed by atoms with van der Waals surface area (Å²) in [5.74, 6) is 0. The van der Waals surface area contributed by atoms with Crippen molar-refractivity contribution in [2.24, 2.45) is 0 Å². The van der Waals surface area contributed by atoms with Crippen LogP contribution in [0.25, 0.3) is 0 Å². The summed E-state index contributed by atoms with van der Waals surface area (Å²) < 4.78 is 0. The van der Waals surface area contributed by atoms with E-state index in [4.69, 9.17) is 5.11 Å². The highest BCUT2D eigenvalue weighted by molar-refractivity contribution is 4.58. The molecule has 0 spiro atoms. The highest BCUT2D eigenvalue weighted by atomic mass is 16.3. The maximum Gasteiger partial charge on any atom is 0.0558 e. The molecule has 104 valence electrons. The number of hydrogen-bond acceptors (Lipinski definition) is 2. The average molecular weight is 243 g/mol. The molecule has 2 nitrogen and oxygen atoms in total. The van der Waals surface area contributed by atoms with Gasteiger partial charge in [-0.3, -0.25) is 0 Å². The van der Waals surface area contributed by atoms with Gasteiger partial charge in [-0.15, -0.1) is 0 Å². The number of unbranched alkanes of at least 4 members (excludes halogenated alkanes) is 7. The van der Waals surface area contributed by atoms with Crippen LogP contribution in [-0.4, -0.2) is 36.2 Å². The minimum Gasteiger partial charge on any atom is -0.395 e. The molecule has 0 fully saturated rings. The first-order valence-corrected chi connectivity index (χ1v) is 7.68. The number of aliphatic hydroxyl groups is 1. The Morgan fingerprint density at radius 1 is 0.647 bits per heavy atom. The fourth-order valence-electron chi connectivity index (χ4n) is 2.18. The van der Waals surface area contributed by atoms with Gasteiger partial charge in [-0.25, -0.2) is 0 Å². The van der Waals surface area contributed by atoms with Crippen LogP contribution < -0.4 is 0 Å². The third-order valence-electron chi connectivity index (χ3n) is 3.32. The van der Waals surface area contributed by atoms with Crippen LogP contribution in [0.1, 0.15) is 71.6 Å². The van der Waals surface area contributed by atoms with Gasteiger partial charge in [-0.2, -0.15) is 0 Å². The molecule has 0 aliphatic heterocycles. The van der Waals surface area contributed by atoms with Gasteiger partial charge in [0.15, 0.2) is 0 Å². The van der Waals surface area contributed by atoms with Gasteiger partial charge >= 0.3 is 0 Å². The number of rotatable bonds is 13. The van der Waals surface area contributed by atoms with Crippen molar-refractivity contribution < 1.29 is 5.11 Å². The summed E-state index contributed by atoms with van der Waals surface area (Å²) in [5, 5.41) is 9.04. The van der Waals surface area contributed by atoms with Crippen LogP contribution in [0.3, 0.4) is 0 Å². The van der Waals surface area contributed by atoms with E-state index in [9.17, 15) is 0 Å². The summed E-state index contributed by atoms with van der Waals surface area (Å²) >= 11 is 0. The average Bonchev–Trinajstić information content (AvgIpc) is 2.34. The minimum atomic E-state index is 0.308. The zero-order chi connectivity index (χ0) is 12.8. The zero-order valence-electron chi connectivity index (χ0n) is 12.1. The Labute approximate surface area is 108 Å². The third kappa shape index (κ3) is 12.2. The van der Waals surface area contributed by atoms with Crippen LogP contribution in [0, 0.1) is 0 Å². The molecule has 1 N–H and O–H groups in total. The summed E-state index contributed by atoms with van der Waals surface area (Å²) in [4.78, 5) is 2.43. The van der Waals surface area contributed by atoms with Crippen LogP contribution in [0.2, 0.25) is 0 Å². The Morgan fingerprint density at radius 3 is 1.59 bits per heavy atom. The summed E-state index contributed by atoms with van der Waals surface area (Å²) in [6.07, 6.45) is 12.0. The molecule has 17 heavy (non-hydrogen) atoms. The van der Waals surface area contributed by atoms with E-state index < -0.39 is 0 Å². The smallest absolute Gasteiger partial charge is 0.0558 e. The Balaban J connectivity index is 3.45. The first kappa shape index (κ1) is 16.9. The maximum absolute atomic E-state index is 9.04. The lowest BCUT2D eigenvalue weighted by Gasteiger charge is -2.21. The van der Waals surface area contributed by atoms with Gasteiger partial charge in [0.2, 0.25) is 0 Å². The molecule has 0 rings (SSSR count). The first-order valence-electron chi connectivity index (χ1n) is 7.68. The lowest BCUT2D eigenvalue weighted by atomic mass is 10.1. The highest BCUT2D eigenvalue weighted by Gasteiger charge is 2.03. The van der Waals surface area contributed by atoms with Gasteiger partial charge < -0.3 is 10.0 Å². The van der Waals surface area contributed by atoms with Gasteiger partial charge in [0.05, 0.1) is 6.61 Å². The minimum absolute atomic E-state index is 0.308. The monoisotopic (exact) mass is 243 g/mol. The van der Waals surface area contributed by atoms with E-state index >= 15 is 0 Å². The maximum atomic E-state index is 9.04. The SMILES string of the molecule is CCCCCCCN(CCO)CCCCCC. The molecule has 0 aromatic rings. The van der Waals surface area contributed by atoms with Crippen molar-refractivity contribution in [2.75, 3.05) is 26.2 Å². The quantitative estimate of drug-likeness (QED) is 0.497. The van der Waals surface area contributed by atoms with Gasteiger partial charge in [-0.1, -0.05) is 58.8 Å². The zero-order valence-corrected chi connectivity index (χ0v) is 12.1. The lowest BCUT2D eigenvalue weighted by Crippen LogP contribution is -2.29. The predicted octanol–water partition coefficient (Wildman–Crippen LogP) is 3.83. The van der Waals surface area contributed by atoms with E-state index in [1.54, 1.807) is 0 Å². The van der Waals surface area contributed by atoms with Crippen molar-refractivity contribution in [2.45, 2.75) is 71.6 Å². The molecule has 0 saturated heterocycles.